The summed E-state index contributed by atoms with van der Waals surface area (Å²) in [5.74, 6) is -0.431. The lowest BCUT2D eigenvalue weighted by atomic mass is 10.2. The Hall–Kier alpha value is -1.47. The third-order valence-corrected chi connectivity index (χ3v) is 6.58. The van der Waals surface area contributed by atoms with Crippen LogP contribution in [0, 0.1) is 12.7 Å². The van der Waals surface area contributed by atoms with Gasteiger partial charge in [0.25, 0.3) is 0 Å². The average Bonchev–Trinajstić information content (AvgIpc) is 2.59. The maximum atomic E-state index is 13.2. The van der Waals surface area contributed by atoms with Gasteiger partial charge in [-0.05, 0) is 36.8 Å². The van der Waals surface area contributed by atoms with Gasteiger partial charge < -0.3 is 0 Å². The molecule has 134 valence electrons. The zero-order valence-electron chi connectivity index (χ0n) is 14.0. The minimum Gasteiger partial charge on any atom is -0.296 e. The minimum atomic E-state index is -3.45. The molecule has 0 amide bonds. The summed E-state index contributed by atoms with van der Waals surface area (Å²) in [4.78, 5) is 2.47. The molecule has 1 fully saturated rings. The van der Waals surface area contributed by atoms with Crippen LogP contribution in [0.1, 0.15) is 11.1 Å². The maximum absolute atomic E-state index is 13.2. The second-order valence-corrected chi connectivity index (χ2v) is 8.59. The highest BCUT2D eigenvalue weighted by Crippen LogP contribution is 2.20. The molecule has 4 nitrogen and oxygen atoms in total. The lowest BCUT2D eigenvalue weighted by molar-refractivity contribution is 0.181. The molecule has 2 aromatic rings. The zero-order chi connectivity index (χ0) is 18.0. The van der Waals surface area contributed by atoms with E-state index in [0.717, 1.165) is 11.1 Å². The molecule has 7 heteroatoms. The number of nitrogens with zero attached hydrogens (tertiary/aromatic N) is 2. The quantitative estimate of drug-likeness (QED) is 0.814. The highest BCUT2D eigenvalue weighted by molar-refractivity contribution is 7.89. The van der Waals surface area contributed by atoms with Crippen molar-refractivity contribution in [1.82, 2.24) is 9.21 Å². The molecule has 1 aliphatic heterocycles. The molecule has 0 bridgehead atoms. The molecule has 1 heterocycles. The molecule has 0 N–H and O–H groups in total. The van der Waals surface area contributed by atoms with Crippen LogP contribution >= 0.6 is 11.6 Å². The van der Waals surface area contributed by atoms with E-state index in [-0.39, 0.29) is 5.02 Å². The SMILES string of the molecule is Cc1ccc(S(=O)(=O)N2CCN(Cc3ccc(F)c(Cl)c3)CC2)cc1. The Morgan fingerprint density at radius 1 is 1.04 bits per heavy atom. The zero-order valence-corrected chi connectivity index (χ0v) is 15.5. The van der Waals surface area contributed by atoms with Gasteiger partial charge in [-0.25, -0.2) is 12.8 Å². The molecule has 0 saturated carbocycles. The van der Waals surface area contributed by atoms with Crippen LogP contribution in [-0.2, 0) is 16.6 Å². The van der Waals surface area contributed by atoms with Crippen molar-refractivity contribution in [2.75, 3.05) is 26.2 Å². The first-order chi connectivity index (χ1) is 11.9. The van der Waals surface area contributed by atoms with Crippen molar-refractivity contribution in [3.8, 4) is 0 Å². The van der Waals surface area contributed by atoms with Gasteiger partial charge in [0.05, 0.1) is 9.92 Å². The molecule has 0 radical (unpaired) electrons. The summed E-state index contributed by atoms with van der Waals surface area (Å²) in [6.45, 7) is 4.67. The number of hydrogen-bond donors (Lipinski definition) is 0. The highest BCUT2D eigenvalue weighted by Gasteiger charge is 2.28. The van der Waals surface area contributed by atoms with Crippen molar-refractivity contribution >= 4 is 21.6 Å². The Kier molecular flexibility index (Phi) is 5.43. The molecule has 0 atom stereocenters. The van der Waals surface area contributed by atoms with Crippen molar-refractivity contribution in [2.45, 2.75) is 18.4 Å². The first-order valence-corrected chi connectivity index (χ1v) is 9.91. The third kappa shape index (κ3) is 4.20. The Bertz CT molecular complexity index is 848. The summed E-state index contributed by atoms with van der Waals surface area (Å²) in [6, 6.07) is 11.6. The largest absolute Gasteiger partial charge is 0.296 e. The van der Waals surface area contributed by atoms with Gasteiger partial charge in [-0.3, -0.25) is 4.90 Å². The fourth-order valence-corrected chi connectivity index (χ4v) is 4.51. The molecular weight excluding hydrogens is 363 g/mol. The van der Waals surface area contributed by atoms with Crippen LogP contribution in [0.2, 0.25) is 5.02 Å². The Labute approximate surface area is 152 Å². The monoisotopic (exact) mass is 382 g/mol. The Balaban J connectivity index is 1.63. The van der Waals surface area contributed by atoms with Crippen LogP contribution < -0.4 is 0 Å². The lowest BCUT2D eigenvalue weighted by Crippen LogP contribution is -2.48. The fourth-order valence-electron chi connectivity index (χ4n) is 2.88. The maximum Gasteiger partial charge on any atom is 0.243 e. The van der Waals surface area contributed by atoms with E-state index in [1.54, 1.807) is 36.4 Å². The molecule has 0 unspecified atom stereocenters. The summed E-state index contributed by atoms with van der Waals surface area (Å²) in [7, 11) is -3.45. The van der Waals surface area contributed by atoms with Gasteiger partial charge in [0.1, 0.15) is 5.82 Å². The fraction of sp³-hybridized carbons (Fsp3) is 0.333. The van der Waals surface area contributed by atoms with Crippen molar-refractivity contribution in [2.24, 2.45) is 0 Å². The van der Waals surface area contributed by atoms with Gasteiger partial charge in [-0.15, -0.1) is 0 Å². The van der Waals surface area contributed by atoms with Crippen LogP contribution in [0.25, 0.3) is 0 Å². The van der Waals surface area contributed by atoms with Crippen molar-refractivity contribution in [3.05, 3.63) is 64.4 Å². The van der Waals surface area contributed by atoms with Crippen molar-refractivity contribution in [3.63, 3.8) is 0 Å². The molecule has 0 aromatic heterocycles. The molecular formula is C18H20ClFN2O2S. The number of piperazine rings is 1. The van der Waals surface area contributed by atoms with E-state index in [4.69, 9.17) is 11.6 Å². The number of hydrogen-bond acceptors (Lipinski definition) is 3. The van der Waals surface area contributed by atoms with Gasteiger partial charge in [-0.2, -0.15) is 4.31 Å². The van der Waals surface area contributed by atoms with Gasteiger partial charge in [0, 0.05) is 32.7 Å². The van der Waals surface area contributed by atoms with Crippen LogP contribution in [0.4, 0.5) is 4.39 Å². The molecule has 0 aliphatic carbocycles. The number of benzene rings is 2. The Morgan fingerprint density at radius 3 is 2.28 bits per heavy atom. The third-order valence-electron chi connectivity index (χ3n) is 4.38. The van der Waals surface area contributed by atoms with E-state index < -0.39 is 15.8 Å². The summed E-state index contributed by atoms with van der Waals surface area (Å²) >= 11 is 5.81. The molecule has 25 heavy (non-hydrogen) atoms. The summed E-state index contributed by atoms with van der Waals surface area (Å²) in [5.41, 5.74) is 1.95. The average molecular weight is 383 g/mol. The van der Waals surface area contributed by atoms with E-state index in [2.05, 4.69) is 4.90 Å². The molecule has 3 rings (SSSR count). The van der Waals surface area contributed by atoms with Crippen LogP contribution in [0.15, 0.2) is 47.4 Å². The van der Waals surface area contributed by atoms with Gasteiger partial charge in [0.2, 0.25) is 10.0 Å². The second-order valence-electron chi connectivity index (χ2n) is 6.24. The van der Waals surface area contributed by atoms with Crippen LogP contribution in [-0.4, -0.2) is 43.8 Å². The minimum absolute atomic E-state index is 0.109. The number of rotatable bonds is 4. The lowest BCUT2D eigenvalue weighted by Gasteiger charge is -2.34. The van der Waals surface area contributed by atoms with Gasteiger partial charge in [-0.1, -0.05) is 35.4 Å². The van der Waals surface area contributed by atoms with E-state index in [9.17, 15) is 12.8 Å². The highest BCUT2D eigenvalue weighted by atomic mass is 35.5. The molecule has 0 spiro atoms. The first kappa shape index (κ1) is 18.3. The van der Waals surface area contributed by atoms with E-state index >= 15 is 0 Å². The smallest absolute Gasteiger partial charge is 0.243 e. The standard InChI is InChI=1S/C18H20ClFN2O2S/c1-14-2-5-16(6-3-14)25(23,24)22-10-8-21(9-11-22)13-15-4-7-18(20)17(19)12-15/h2-7,12H,8-11,13H2,1H3. The summed E-state index contributed by atoms with van der Waals surface area (Å²) in [5, 5.41) is 0.109. The predicted molar refractivity (Wildman–Crippen MR) is 96.6 cm³/mol. The number of halogens is 2. The summed E-state index contributed by atoms with van der Waals surface area (Å²) < 4.78 is 40.1. The van der Waals surface area contributed by atoms with E-state index in [1.807, 2.05) is 6.92 Å². The van der Waals surface area contributed by atoms with Crippen molar-refractivity contribution in [1.29, 1.82) is 0 Å². The second kappa shape index (κ2) is 7.41. The predicted octanol–water partition coefficient (Wildman–Crippen LogP) is 3.29. The molecule has 2 aromatic carbocycles. The topological polar surface area (TPSA) is 40.6 Å². The Morgan fingerprint density at radius 2 is 1.68 bits per heavy atom. The van der Waals surface area contributed by atoms with Crippen LogP contribution in [0.3, 0.4) is 0 Å². The van der Waals surface area contributed by atoms with Gasteiger partial charge in [0.15, 0.2) is 0 Å². The van der Waals surface area contributed by atoms with Crippen molar-refractivity contribution < 1.29 is 12.8 Å². The number of aryl methyl sites for hydroxylation is 1. The number of sulfonamides is 1. The van der Waals surface area contributed by atoms with Gasteiger partial charge >= 0.3 is 0 Å². The molecule has 1 saturated heterocycles. The molecule has 1 aliphatic rings. The first-order valence-electron chi connectivity index (χ1n) is 8.09. The summed E-state index contributed by atoms with van der Waals surface area (Å²) in [6.07, 6.45) is 0. The van der Waals surface area contributed by atoms with E-state index in [0.29, 0.717) is 37.6 Å². The van der Waals surface area contributed by atoms with E-state index in [1.165, 1.54) is 10.4 Å². The van der Waals surface area contributed by atoms with Crippen LogP contribution in [0.5, 0.6) is 0 Å². The normalized spacial score (nSPS) is 16.9.